The van der Waals surface area contributed by atoms with Crippen molar-refractivity contribution in [1.29, 1.82) is 0 Å². The van der Waals surface area contributed by atoms with Crippen molar-refractivity contribution >= 4 is 16.8 Å². The molecule has 0 saturated carbocycles. The molecule has 3 aromatic rings. The number of nitrogens with two attached hydrogens (primary N) is 2. The summed E-state index contributed by atoms with van der Waals surface area (Å²) in [7, 11) is 4.68. The van der Waals surface area contributed by atoms with E-state index in [1.807, 2.05) is 24.3 Å². The fraction of sp³-hybridized carbons (Fsp3) is 0.286. The van der Waals surface area contributed by atoms with E-state index in [1.54, 1.807) is 27.4 Å². The molecular formula is C21H24N4O4. The van der Waals surface area contributed by atoms with Crippen molar-refractivity contribution in [2.24, 2.45) is 11.5 Å². The molecule has 1 heterocycles. The minimum Gasteiger partial charge on any atom is -0.493 e. The molecule has 0 bridgehead atoms. The highest BCUT2D eigenvalue weighted by Crippen LogP contribution is 2.45. The number of rotatable bonds is 8. The van der Waals surface area contributed by atoms with Gasteiger partial charge >= 0.3 is 0 Å². The number of hydrogen-bond acceptors (Lipinski definition) is 7. The zero-order valence-corrected chi connectivity index (χ0v) is 16.7. The maximum Gasteiger partial charge on any atom is 0.269 e. The van der Waals surface area contributed by atoms with Gasteiger partial charge in [0.25, 0.3) is 5.91 Å². The van der Waals surface area contributed by atoms with Crippen LogP contribution in [-0.2, 0) is 6.42 Å². The quantitative estimate of drug-likeness (QED) is 0.599. The Morgan fingerprint density at radius 2 is 1.72 bits per heavy atom. The summed E-state index contributed by atoms with van der Waals surface area (Å²) in [5.74, 6) is 0.942. The molecule has 0 aliphatic heterocycles. The third-order valence-electron chi connectivity index (χ3n) is 4.76. The number of carbonyl (C=O) groups excluding carboxylic acids is 1. The van der Waals surface area contributed by atoms with Crippen LogP contribution in [0, 0.1) is 0 Å². The zero-order valence-electron chi connectivity index (χ0n) is 16.7. The molecule has 152 valence electrons. The summed E-state index contributed by atoms with van der Waals surface area (Å²) >= 11 is 0. The van der Waals surface area contributed by atoms with Crippen molar-refractivity contribution in [3.05, 3.63) is 41.6 Å². The SMILES string of the molecule is COc1ccc(-c2cccc3c(CCCN)c(C(N)=O)nnc23)c(OC)c1OC. The van der Waals surface area contributed by atoms with E-state index in [0.29, 0.717) is 42.2 Å². The Bertz CT molecular complexity index is 1050. The average Bonchev–Trinajstić information content (AvgIpc) is 2.75. The summed E-state index contributed by atoms with van der Waals surface area (Å²) in [6.45, 7) is 0.491. The Hall–Kier alpha value is -3.39. The van der Waals surface area contributed by atoms with Gasteiger partial charge in [0, 0.05) is 16.5 Å². The van der Waals surface area contributed by atoms with E-state index in [1.165, 1.54) is 0 Å². The van der Waals surface area contributed by atoms with E-state index < -0.39 is 5.91 Å². The van der Waals surface area contributed by atoms with Gasteiger partial charge in [-0.2, -0.15) is 0 Å². The number of aromatic nitrogens is 2. The second-order valence-electron chi connectivity index (χ2n) is 6.37. The minimum absolute atomic E-state index is 0.169. The van der Waals surface area contributed by atoms with Crippen LogP contribution in [0.4, 0.5) is 0 Å². The number of hydrogen-bond donors (Lipinski definition) is 2. The van der Waals surface area contributed by atoms with Gasteiger partial charge < -0.3 is 25.7 Å². The predicted molar refractivity (Wildman–Crippen MR) is 111 cm³/mol. The largest absolute Gasteiger partial charge is 0.493 e. The molecule has 1 amide bonds. The molecule has 0 aliphatic rings. The average molecular weight is 396 g/mol. The lowest BCUT2D eigenvalue weighted by molar-refractivity contribution is 0.0994. The summed E-state index contributed by atoms with van der Waals surface area (Å²) in [5, 5.41) is 9.23. The smallest absolute Gasteiger partial charge is 0.269 e. The number of ether oxygens (including phenoxy) is 3. The number of carbonyl (C=O) groups is 1. The van der Waals surface area contributed by atoms with E-state index in [9.17, 15) is 4.79 Å². The standard InChI is InChI=1S/C21H24N4O4/c1-27-16-10-9-15(19(28-2)20(16)29-3)14-7-4-6-12-13(8-5-11-22)18(21(23)26)25-24-17(12)14/h4,6-7,9-10H,5,8,11,22H2,1-3H3,(H2,23,26). The van der Waals surface area contributed by atoms with Gasteiger partial charge in [-0.3, -0.25) is 4.79 Å². The van der Waals surface area contributed by atoms with Crippen molar-refractivity contribution < 1.29 is 19.0 Å². The highest BCUT2D eigenvalue weighted by Gasteiger charge is 2.21. The van der Waals surface area contributed by atoms with Crippen LogP contribution in [0.25, 0.3) is 22.0 Å². The predicted octanol–water partition coefficient (Wildman–Crippen LogP) is 2.31. The molecule has 0 aliphatic carbocycles. The molecule has 0 spiro atoms. The highest BCUT2D eigenvalue weighted by atomic mass is 16.5. The first-order valence-corrected chi connectivity index (χ1v) is 9.14. The number of primary amides is 1. The third-order valence-corrected chi connectivity index (χ3v) is 4.76. The molecule has 4 N–H and O–H groups in total. The third kappa shape index (κ3) is 3.66. The summed E-state index contributed by atoms with van der Waals surface area (Å²) in [4.78, 5) is 11.9. The van der Waals surface area contributed by atoms with E-state index >= 15 is 0 Å². The van der Waals surface area contributed by atoms with Gasteiger partial charge in [0.2, 0.25) is 5.75 Å². The van der Waals surface area contributed by atoms with Gasteiger partial charge in [0.1, 0.15) is 5.52 Å². The van der Waals surface area contributed by atoms with Gasteiger partial charge in [0.15, 0.2) is 17.2 Å². The number of fused-ring (bicyclic) bond motifs is 1. The normalized spacial score (nSPS) is 10.8. The van der Waals surface area contributed by atoms with Crippen LogP contribution >= 0.6 is 0 Å². The van der Waals surface area contributed by atoms with Crippen molar-refractivity contribution in [2.75, 3.05) is 27.9 Å². The van der Waals surface area contributed by atoms with E-state index in [4.69, 9.17) is 25.7 Å². The summed E-state index contributed by atoms with van der Waals surface area (Å²) < 4.78 is 16.5. The van der Waals surface area contributed by atoms with Crippen LogP contribution in [-0.4, -0.2) is 44.0 Å². The van der Waals surface area contributed by atoms with E-state index in [-0.39, 0.29) is 5.69 Å². The first-order chi connectivity index (χ1) is 14.1. The van der Waals surface area contributed by atoms with Crippen molar-refractivity contribution in [3.63, 3.8) is 0 Å². The molecule has 1 aromatic heterocycles. The Labute approximate surface area is 168 Å². The lowest BCUT2D eigenvalue weighted by Crippen LogP contribution is -2.18. The monoisotopic (exact) mass is 396 g/mol. The van der Waals surface area contributed by atoms with Gasteiger partial charge in [-0.05, 0) is 37.1 Å². The summed E-state index contributed by atoms with van der Waals surface area (Å²) in [6.07, 6.45) is 1.28. The molecule has 0 fully saturated rings. The van der Waals surface area contributed by atoms with Gasteiger partial charge in [-0.15, -0.1) is 10.2 Å². The van der Waals surface area contributed by atoms with Crippen molar-refractivity contribution in [3.8, 4) is 28.4 Å². The maximum absolute atomic E-state index is 11.9. The molecule has 0 atom stereocenters. The van der Waals surface area contributed by atoms with Crippen LogP contribution in [0.5, 0.6) is 17.2 Å². The molecular weight excluding hydrogens is 372 g/mol. The zero-order chi connectivity index (χ0) is 21.0. The second-order valence-corrected chi connectivity index (χ2v) is 6.37. The first kappa shape index (κ1) is 20.3. The van der Waals surface area contributed by atoms with Gasteiger partial charge in [-0.1, -0.05) is 18.2 Å². The van der Waals surface area contributed by atoms with Crippen LogP contribution in [0.1, 0.15) is 22.5 Å². The topological polar surface area (TPSA) is 123 Å². The lowest BCUT2D eigenvalue weighted by atomic mass is 9.96. The van der Waals surface area contributed by atoms with E-state index in [2.05, 4.69) is 10.2 Å². The first-order valence-electron chi connectivity index (χ1n) is 9.14. The number of aryl methyl sites for hydroxylation is 1. The Morgan fingerprint density at radius 1 is 0.966 bits per heavy atom. The number of methoxy groups -OCH3 is 3. The van der Waals surface area contributed by atoms with Gasteiger partial charge in [0.05, 0.1) is 21.3 Å². The summed E-state index contributed by atoms with van der Waals surface area (Å²) in [6, 6.07) is 9.39. The number of benzene rings is 2. The number of amides is 1. The fourth-order valence-electron chi connectivity index (χ4n) is 3.44. The van der Waals surface area contributed by atoms with Crippen molar-refractivity contribution in [2.45, 2.75) is 12.8 Å². The molecule has 0 unspecified atom stereocenters. The molecule has 8 heteroatoms. The molecule has 3 rings (SSSR count). The Kier molecular flexibility index (Phi) is 6.13. The minimum atomic E-state index is -0.611. The summed E-state index contributed by atoms with van der Waals surface area (Å²) in [5.41, 5.74) is 14.3. The fourth-order valence-corrected chi connectivity index (χ4v) is 3.44. The molecule has 0 radical (unpaired) electrons. The van der Waals surface area contributed by atoms with Crippen LogP contribution < -0.4 is 25.7 Å². The molecule has 2 aromatic carbocycles. The maximum atomic E-state index is 11.9. The van der Waals surface area contributed by atoms with E-state index in [0.717, 1.165) is 22.1 Å². The molecule has 0 saturated heterocycles. The van der Waals surface area contributed by atoms with Crippen molar-refractivity contribution in [1.82, 2.24) is 10.2 Å². The van der Waals surface area contributed by atoms with Crippen LogP contribution in [0.3, 0.4) is 0 Å². The Balaban J connectivity index is 2.31. The van der Waals surface area contributed by atoms with Gasteiger partial charge in [-0.25, -0.2) is 0 Å². The second kappa shape index (κ2) is 8.74. The van der Waals surface area contributed by atoms with Crippen LogP contribution in [0.2, 0.25) is 0 Å². The lowest BCUT2D eigenvalue weighted by Gasteiger charge is -2.17. The molecule has 29 heavy (non-hydrogen) atoms. The number of nitrogens with zero attached hydrogens (tertiary/aromatic N) is 2. The van der Waals surface area contributed by atoms with Crippen LogP contribution in [0.15, 0.2) is 30.3 Å². The molecule has 8 nitrogen and oxygen atoms in total. The Morgan fingerprint density at radius 3 is 2.34 bits per heavy atom. The highest BCUT2D eigenvalue weighted by molar-refractivity contribution is 6.02.